The van der Waals surface area contributed by atoms with Gasteiger partial charge in [-0.3, -0.25) is 0 Å². The van der Waals surface area contributed by atoms with Crippen molar-refractivity contribution in [2.24, 2.45) is 0 Å². The highest BCUT2D eigenvalue weighted by atomic mass is 35.5. The van der Waals surface area contributed by atoms with Gasteiger partial charge in [0.1, 0.15) is 0 Å². The van der Waals surface area contributed by atoms with E-state index in [0.29, 0.717) is 5.89 Å². The molecule has 0 bridgehead atoms. The van der Waals surface area contributed by atoms with Crippen molar-refractivity contribution in [2.75, 3.05) is 0 Å². The minimum absolute atomic E-state index is 0.0122. The van der Waals surface area contributed by atoms with Crippen LogP contribution in [0.25, 0.3) is 0 Å². The maximum Gasteiger partial charge on any atom is 0.241 e. The van der Waals surface area contributed by atoms with Crippen LogP contribution in [0.3, 0.4) is 0 Å². The van der Waals surface area contributed by atoms with Crippen molar-refractivity contribution in [3.63, 3.8) is 0 Å². The maximum atomic E-state index is 12.0. The summed E-state index contributed by atoms with van der Waals surface area (Å²) in [7, 11) is -3.71. The Morgan fingerprint density at radius 2 is 2.00 bits per heavy atom. The van der Waals surface area contributed by atoms with E-state index >= 15 is 0 Å². The number of hydrogen-bond acceptors (Lipinski definition) is 5. The van der Waals surface area contributed by atoms with E-state index in [1.165, 1.54) is 18.2 Å². The van der Waals surface area contributed by atoms with Gasteiger partial charge < -0.3 is 4.42 Å². The number of nitrogens with one attached hydrogen (secondary N) is 1. The Hall–Kier alpha value is -1.15. The summed E-state index contributed by atoms with van der Waals surface area (Å²) in [5.41, 5.74) is 0. The molecule has 0 amide bonds. The summed E-state index contributed by atoms with van der Waals surface area (Å²) in [5, 5.41) is 7.73. The molecule has 0 unspecified atom stereocenters. The molecule has 0 spiro atoms. The molecule has 0 saturated heterocycles. The number of benzene rings is 1. The molecule has 0 aliphatic rings. The quantitative estimate of drug-likeness (QED) is 0.932. The number of nitrogens with zero attached hydrogens (tertiary/aromatic N) is 2. The lowest BCUT2D eigenvalue weighted by Crippen LogP contribution is -2.23. The maximum absolute atomic E-state index is 12.0. The summed E-state index contributed by atoms with van der Waals surface area (Å²) in [6, 6.07) is 4.04. The van der Waals surface area contributed by atoms with Gasteiger partial charge in [0.25, 0.3) is 0 Å². The minimum atomic E-state index is -3.71. The Morgan fingerprint density at radius 1 is 1.26 bits per heavy atom. The predicted octanol–water partition coefficient (Wildman–Crippen LogP) is 2.16. The van der Waals surface area contributed by atoms with Crippen molar-refractivity contribution in [2.45, 2.75) is 18.4 Å². The molecule has 1 N–H and O–H groups in total. The average Bonchev–Trinajstić information content (AvgIpc) is 2.76. The minimum Gasteiger partial charge on any atom is -0.424 e. The summed E-state index contributed by atoms with van der Waals surface area (Å²) in [4.78, 5) is 0.0122. The van der Waals surface area contributed by atoms with Crippen LogP contribution in [0.2, 0.25) is 10.0 Å². The Labute approximate surface area is 119 Å². The van der Waals surface area contributed by atoms with E-state index in [1.54, 1.807) is 6.92 Å². The molecule has 1 aromatic carbocycles. The number of aryl methyl sites for hydroxylation is 1. The SMILES string of the molecule is Cc1nnc(CNS(=O)(=O)c2ccc(Cl)c(Cl)c2)o1. The first-order valence-electron chi connectivity index (χ1n) is 5.12. The van der Waals surface area contributed by atoms with Gasteiger partial charge in [-0.05, 0) is 18.2 Å². The van der Waals surface area contributed by atoms with Crippen LogP contribution in [0.15, 0.2) is 27.5 Å². The van der Waals surface area contributed by atoms with Gasteiger partial charge >= 0.3 is 0 Å². The van der Waals surface area contributed by atoms with Crippen LogP contribution < -0.4 is 4.72 Å². The molecule has 6 nitrogen and oxygen atoms in total. The van der Waals surface area contributed by atoms with Crippen molar-refractivity contribution < 1.29 is 12.8 Å². The molecule has 1 aromatic heterocycles. The van der Waals surface area contributed by atoms with Crippen LogP contribution in [-0.4, -0.2) is 18.6 Å². The first-order chi connectivity index (χ1) is 8.88. The molecule has 0 aliphatic heterocycles. The van der Waals surface area contributed by atoms with Gasteiger partial charge in [-0.1, -0.05) is 23.2 Å². The number of sulfonamides is 1. The lowest BCUT2D eigenvalue weighted by Gasteiger charge is -2.05. The summed E-state index contributed by atoms with van der Waals surface area (Å²) < 4.78 is 31.3. The Bertz CT molecular complexity index is 700. The summed E-state index contributed by atoms with van der Waals surface area (Å²) in [6.07, 6.45) is 0. The van der Waals surface area contributed by atoms with Crippen molar-refractivity contribution in [3.05, 3.63) is 40.0 Å². The van der Waals surface area contributed by atoms with E-state index in [-0.39, 0.29) is 27.4 Å². The van der Waals surface area contributed by atoms with Crippen LogP contribution in [-0.2, 0) is 16.6 Å². The number of hydrogen-bond donors (Lipinski definition) is 1. The topological polar surface area (TPSA) is 85.1 Å². The fourth-order valence-corrected chi connectivity index (χ4v) is 2.66. The predicted molar refractivity (Wildman–Crippen MR) is 69.5 cm³/mol. The Kier molecular flexibility index (Phi) is 4.10. The fraction of sp³-hybridized carbons (Fsp3) is 0.200. The molecule has 0 aliphatic carbocycles. The zero-order valence-corrected chi connectivity index (χ0v) is 12.1. The highest BCUT2D eigenvalue weighted by molar-refractivity contribution is 7.89. The van der Waals surface area contributed by atoms with Gasteiger partial charge in [-0.15, -0.1) is 10.2 Å². The third-order valence-corrected chi connectivity index (χ3v) is 4.32. The Balaban J connectivity index is 2.16. The second-order valence-electron chi connectivity index (χ2n) is 3.62. The third-order valence-electron chi connectivity index (χ3n) is 2.18. The normalized spacial score (nSPS) is 11.7. The molecule has 2 rings (SSSR count). The van der Waals surface area contributed by atoms with Crippen LogP contribution in [0.4, 0.5) is 0 Å². The van der Waals surface area contributed by atoms with E-state index in [1.807, 2.05) is 0 Å². The summed E-state index contributed by atoms with van der Waals surface area (Å²) >= 11 is 11.5. The van der Waals surface area contributed by atoms with E-state index in [2.05, 4.69) is 14.9 Å². The van der Waals surface area contributed by atoms with Crippen molar-refractivity contribution in [1.29, 1.82) is 0 Å². The zero-order chi connectivity index (χ0) is 14.0. The first-order valence-corrected chi connectivity index (χ1v) is 7.36. The molecular formula is C10H9Cl2N3O3S. The van der Waals surface area contributed by atoms with Gasteiger partial charge in [-0.25, -0.2) is 13.1 Å². The lowest BCUT2D eigenvalue weighted by molar-refractivity contribution is 0.460. The van der Waals surface area contributed by atoms with Crippen LogP contribution >= 0.6 is 23.2 Å². The molecule has 102 valence electrons. The lowest BCUT2D eigenvalue weighted by atomic mass is 10.4. The monoisotopic (exact) mass is 321 g/mol. The standard InChI is InChI=1S/C10H9Cl2N3O3S/c1-6-14-15-10(18-6)5-13-19(16,17)7-2-3-8(11)9(12)4-7/h2-4,13H,5H2,1H3. The number of aromatic nitrogens is 2. The smallest absolute Gasteiger partial charge is 0.241 e. The number of rotatable bonds is 4. The van der Waals surface area contributed by atoms with E-state index in [0.717, 1.165) is 0 Å². The van der Waals surface area contributed by atoms with Crippen molar-refractivity contribution >= 4 is 33.2 Å². The second-order valence-corrected chi connectivity index (χ2v) is 6.20. The highest BCUT2D eigenvalue weighted by Gasteiger charge is 2.16. The fourth-order valence-electron chi connectivity index (χ4n) is 1.29. The van der Waals surface area contributed by atoms with E-state index in [9.17, 15) is 8.42 Å². The van der Waals surface area contributed by atoms with E-state index in [4.69, 9.17) is 27.6 Å². The largest absolute Gasteiger partial charge is 0.424 e. The van der Waals surface area contributed by atoms with Crippen molar-refractivity contribution in [1.82, 2.24) is 14.9 Å². The third kappa shape index (κ3) is 3.44. The van der Waals surface area contributed by atoms with Crippen LogP contribution in [0.1, 0.15) is 11.8 Å². The van der Waals surface area contributed by atoms with Crippen molar-refractivity contribution in [3.8, 4) is 0 Å². The van der Waals surface area contributed by atoms with Gasteiger partial charge in [0.05, 0.1) is 21.5 Å². The molecule has 1 heterocycles. The molecule has 0 fully saturated rings. The first kappa shape index (κ1) is 14.3. The van der Waals surface area contributed by atoms with Gasteiger partial charge in [0.15, 0.2) is 0 Å². The molecule has 0 saturated carbocycles. The molecule has 0 radical (unpaired) electrons. The number of halogens is 2. The summed E-state index contributed by atoms with van der Waals surface area (Å²) in [6.45, 7) is 1.52. The van der Waals surface area contributed by atoms with E-state index < -0.39 is 10.0 Å². The zero-order valence-electron chi connectivity index (χ0n) is 9.72. The highest BCUT2D eigenvalue weighted by Crippen LogP contribution is 2.24. The Morgan fingerprint density at radius 3 is 2.58 bits per heavy atom. The van der Waals surface area contributed by atoms with Gasteiger partial charge in [-0.2, -0.15) is 0 Å². The molecule has 9 heteroatoms. The molecule has 19 heavy (non-hydrogen) atoms. The summed E-state index contributed by atoms with van der Waals surface area (Å²) in [5.74, 6) is 0.546. The van der Waals surface area contributed by atoms with Crippen LogP contribution in [0.5, 0.6) is 0 Å². The molecular weight excluding hydrogens is 313 g/mol. The second kappa shape index (κ2) is 5.46. The van der Waals surface area contributed by atoms with Gasteiger partial charge in [0, 0.05) is 6.92 Å². The van der Waals surface area contributed by atoms with Gasteiger partial charge in [0.2, 0.25) is 21.8 Å². The average molecular weight is 322 g/mol. The molecule has 2 aromatic rings. The van der Waals surface area contributed by atoms with Crippen LogP contribution in [0, 0.1) is 6.92 Å². The molecule has 0 atom stereocenters.